The molecule has 0 aliphatic rings. The molecule has 0 aliphatic carbocycles. The molecule has 0 radical (unpaired) electrons. The molecule has 3 rings (SSSR count). The van der Waals surface area contributed by atoms with Crippen LogP contribution in [-0.4, -0.2) is 10.9 Å². The third-order valence-electron chi connectivity index (χ3n) is 4.21. The maximum absolute atomic E-state index is 12.9. The van der Waals surface area contributed by atoms with Crippen LogP contribution in [0.1, 0.15) is 32.7 Å². The van der Waals surface area contributed by atoms with Crippen LogP contribution in [0, 0.1) is 6.92 Å². The zero-order valence-electron chi connectivity index (χ0n) is 15.4. The lowest BCUT2D eigenvalue weighted by atomic mass is 10.0. The number of nitrogens with one attached hydrogen (secondary N) is 1. The van der Waals surface area contributed by atoms with E-state index in [0.717, 1.165) is 11.1 Å². The molecule has 0 aliphatic heterocycles. The maximum Gasteiger partial charge on any atom is 0.416 e. The summed E-state index contributed by atoms with van der Waals surface area (Å²) in [7, 11) is 0. The van der Waals surface area contributed by atoms with E-state index in [2.05, 4.69) is 10.3 Å². The highest BCUT2D eigenvalue weighted by molar-refractivity contribution is 7.13. The van der Waals surface area contributed by atoms with E-state index in [-0.39, 0.29) is 12.6 Å². The van der Waals surface area contributed by atoms with Gasteiger partial charge in [0.2, 0.25) is 0 Å². The summed E-state index contributed by atoms with van der Waals surface area (Å²) in [5, 5.41) is 4.68. The van der Waals surface area contributed by atoms with Crippen LogP contribution in [0.25, 0.3) is 10.6 Å². The molecule has 0 bridgehead atoms. The fourth-order valence-electron chi connectivity index (χ4n) is 2.68. The summed E-state index contributed by atoms with van der Waals surface area (Å²) >= 11 is 1.32. The van der Waals surface area contributed by atoms with Gasteiger partial charge in [0, 0.05) is 16.5 Å². The number of amides is 1. The van der Waals surface area contributed by atoms with E-state index in [1.807, 2.05) is 31.2 Å². The molecule has 1 amide bonds. The largest absolute Gasteiger partial charge is 0.416 e. The van der Waals surface area contributed by atoms with E-state index < -0.39 is 35.0 Å². The Morgan fingerprint density at radius 2 is 1.60 bits per heavy atom. The summed E-state index contributed by atoms with van der Waals surface area (Å²) in [6.45, 7) is 1.77. The first-order chi connectivity index (χ1) is 13.9. The van der Waals surface area contributed by atoms with Crippen molar-refractivity contribution in [3.8, 4) is 10.6 Å². The van der Waals surface area contributed by atoms with E-state index >= 15 is 0 Å². The smallest absolute Gasteiger partial charge is 0.346 e. The number of hydrogen-bond donors (Lipinski definition) is 1. The quantitative estimate of drug-likeness (QED) is 0.495. The molecule has 30 heavy (non-hydrogen) atoms. The third kappa shape index (κ3) is 4.99. The summed E-state index contributed by atoms with van der Waals surface area (Å²) in [5.74, 6) is -1.06. The Morgan fingerprint density at radius 1 is 1.00 bits per heavy atom. The Hall–Kier alpha value is -2.88. The third-order valence-corrected chi connectivity index (χ3v) is 5.13. The second-order valence-electron chi connectivity index (χ2n) is 6.44. The molecule has 1 N–H and O–H groups in total. The molecule has 3 nitrogen and oxygen atoms in total. The number of hydrogen-bond acceptors (Lipinski definition) is 3. The Balaban J connectivity index is 1.79. The summed E-state index contributed by atoms with van der Waals surface area (Å²) < 4.78 is 77.6. The molecule has 0 saturated carbocycles. The molecular weight excluding hydrogens is 430 g/mol. The molecule has 0 atom stereocenters. The van der Waals surface area contributed by atoms with Gasteiger partial charge in [-0.05, 0) is 30.7 Å². The normalized spacial score (nSPS) is 12.1. The molecule has 0 saturated heterocycles. The van der Waals surface area contributed by atoms with Gasteiger partial charge in [0.1, 0.15) is 5.01 Å². The van der Waals surface area contributed by atoms with Crippen LogP contribution in [-0.2, 0) is 18.9 Å². The summed E-state index contributed by atoms with van der Waals surface area (Å²) in [5.41, 5.74) is -1.49. The minimum atomic E-state index is -5.02. The molecule has 0 unspecified atom stereocenters. The number of carbonyl (C=O) groups is 1. The first kappa shape index (κ1) is 21.8. The first-order valence-corrected chi connectivity index (χ1v) is 9.41. The monoisotopic (exact) mass is 444 g/mol. The Kier molecular flexibility index (Phi) is 5.89. The number of halogens is 6. The number of nitrogens with zero attached hydrogens (tertiary/aromatic N) is 1. The Labute approximate surface area is 171 Å². The van der Waals surface area contributed by atoms with Gasteiger partial charge < -0.3 is 5.32 Å². The number of alkyl halides is 6. The minimum Gasteiger partial charge on any atom is -0.346 e. The summed E-state index contributed by atoms with van der Waals surface area (Å²) in [6, 6.07) is 8.26. The van der Waals surface area contributed by atoms with Gasteiger partial charge in [-0.2, -0.15) is 26.3 Å². The van der Waals surface area contributed by atoms with Crippen LogP contribution in [0.4, 0.5) is 26.3 Å². The minimum absolute atomic E-state index is 0.0221. The standard InChI is InChI=1S/C20H14F6N2OS/c1-11-4-2-3-5-16(11)18-28-15(10-30-18)9-27-17(29)12-6-13(19(21,22)23)8-14(7-12)20(24,25)26/h2-8,10H,9H2,1H3,(H,27,29). The lowest BCUT2D eigenvalue weighted by Crippen LogP contribution is -2.24. The van der Waals surface area contributed by atoms with Gasteiger partial charge in [-0.25, -0.2) is 4.98 Å². The van der Waals surface area contributed by atoms with E-state index in [1.54, 1.807) is 5.38 Å². The van der Waals surface area contributed by atoms with E-state index in [0.29, 0.717) is 22.8 Å². The highest BCUT2D eigenvalue weighted by Gasteiger charge is 2.37. The molecule has 1 heterocycles. The van der Waals surface area contributed by atoms with Gasteiger partial charge >= 0.3 is 12.4 Å². The van der Waals surface area contributed by atoms with Crippen molar-refractivity contribution < 1.29 is 31.1 Å². The highest BCUT2D eigenvalue weighted by atomic mass is 32.1. The van der Waals surface area contributed by atoms with Crippen LogP contribution in [0.3, 0.4) is 0 Å². The van der Waals surface area contributed by atoms with Crippen LogP contribution in [0.2, 0.25) is 0 Å². The summed E-state index contributed by atoms with van der Waals surface area (Å²) in [6.07, 6.45) is -10.0. The SMILES string of the molecule is Cc1ccccc1-c1nc(CNC(=O)c2cc(C(F)(F)F)cc(C(F)(F)F)c2)cs1. The predicted molar refractivity (Wildman–Crippen MR) is 99.9 cm³/mol. The molecule has 0 spiro atoms. The van der Waals surface area contributed by atoms with Crippen LogP contribution >= 0.6 is 11.3 Å². The van der Waals surface area contributed by atoms with Crippen molar-refractivity contribution in [2.45, 2.75) is 25.8 Å². The van der Waals surface area contributed by atoms with Gasteiger partial charge in [0.15, 0.2) is 0 Å². The number of carbonyl (C=O) groups excluding carboxylic acids is 1. The highest BCUT2D eigenvalue weighted by Crippen LogP contribution is 2.36. The van der Waals surface area contributed by atoms with Gasteiger partial charge in [0.25, 0.3) is 5.91 Å². The van der Waals surface area contributed by atoms with E-state index in [1.165, 1.54) is 11.3 Å². The zero-order valence-corrected chi connectivity index (χ0v) is 16.2. The molecular formula is C20H14F6N2OS. The van der Waals surface area contributed by atoms with Gasteiger partial charge in [-0.15, -0.1) is 11.3 Å². The lowest BCUT2D eigenvalue weighted by Gasteiger charge is -2.14. The first-order valence-electron chi connectivity index (χ1n) is 8.53. The van der Waals surface area contributed by atoms with Gasteiger partial charge in [-0.1, -0.05) is 24.3 Å². The van der Waals surface area contributed by atoms with Crippen molar-refractivity contribution >= 4 is 17.2 Å². The number of rotatable bonds is 4. The van der Waals surface area contributed by atoms with Gasteiger partial charge in [-0.3, -0.25) is 4.79 Å². The number of benzene rings is 2. The lowest BCUT2D eigenvalue weighted by molar-refractivity contribution is -0.143. The maximum atomic E-state index is 12.9. The van der Waals surface area contributed by atoms with Crippen molar-refractivity contribution in [2.75, 3.05) is 0 Å². The van der Waals surface area contributed by atoms with Crippen LogP contribution in [0.15, 0.2) is 47.8 Å². The molecule has 158 valence electrons. The average molecular weight is 444 g/mol. The van der Waals surface area contributed by atoms with Crippen LogP contribution < -0.4 is 5.32 Å². The van der Waals surface area contributed by atoms with Crippen molar-refractivity contribution in [3.05, 3.63) is 75.8 Å². The van der Waals surface area contributed by atoms with Crippen molar-refractivity contribution in [3.63, 3.8) is 0 Å². The molecule has 0 fully saturated rings. The topological polar surface area (TPSA) is 42.0 Å². The fourth-order valence-corrected chi connectivity index (χ4v) is 3.59. The second kappa shape index (κ2) is 8.10. The van der Waals surface area contributed by atoms with E-state index in [9.17, 15) is 31.1 Å². The second-order valence-corrected chi connectivity index (χ2v) is 7.29. The Bertz CT molecular complexity index is 1040. The average Bonchev–Trinajstić information content (AvgIpc) is 3.13. The number of aromatic nitrogens is 1. The molecule has 2 aromatic carbocycles. The Morgan fingerprint density at radius 3 is 2.17 bits per heavy atom. The van der Waals surface area contributed by atoms with Crippen molar-refractivity contribution in [1.29, 1.82) is 0 Å². The molecule has 1 aromatic heterocycles. The van der Waals surface area contributed by atoms with Gasteiger partial charge in [0.05, 0.1) is 23.4 Å². The number of aryl methyl sites for hydroxylation is 1. The predicted octanol–water partition coefficient (Wildman–Crippen LogP) is 6.09. The van der Waals surface area contributed by atoms with Crippen molar-refractivity contribution in [2.24, 2.45) is 0 Å². The molecule has 3 aromatic rings. The number of thiazole rings is 1. The van der Waals surface area contributed by atoms with Crippen LogP contribution in [0.5, 0.6) is 0 Å². The van der Waals surface area contributed by atoms with Crippen molar-refractivity contribution in [1.82, 2.24) is 10.3 Å². The van der Waals surface area contributed by atoms with E-state index in [4.69, 9.17) is 0 Å². The summed E-state index contributed by atoms with van der Waals surface area (Å²) in [4.78, 5) is 16.6. The zero-order chi connectivity index (χ0) is 22.1. The fraction of sp³-hybridized carbons (Fsp3) is 0.200. The molecule has 10 heteroatoms.